The van der Waals surface area contributed by atoms with Crippen molar-refractivity contribution in [2.75, 3.05) is 6.61 Å². The van der Waals surface area contributed by atoms with Crippen LogP contribution in [0.1, 0.15) is 39.4 Å². The van der Waals surface area contributed by atoms with Crippen molar-refractivity contribution < 1.29 is 28.5 Å². The number of aryl methyl sites for hydroxylation is 1. The van der Waals surface area contributed by atoms with Crippen molar-refractivity contribution >= 4 is 17.0 Å². The van der Waals surface area contributed by atoms with Crippen LogP contribution in [-0.4, -0.2) is 43.3 Å². The van der Waals surface area contributed by atoms with E-state index < -0.39 is 11.8 Å². The molecule has 208 valence electrons. The molecule has 5 aromatic rings. The Balaban J connectivity index is 1.15. The van der Waals surface area contributed by atoms with Gasteiger partial charge in [-0.2, -0.15) is 0 Å². The summed E-state index contributed by atoms with van der Waals surface area (Å²) < 4.78 is 33.3. The molecule has 0 aliphatic carbocycles. The molecule has 0 bridgehead atoms. The van der Waals surface area contributed by atoms with Crippen molar-refractivity contribution in [1.29, 1.82) is 0 Å². The number of carbonyl (C=O) groups is 1. The number of imidazole rings is 1. The molecule has 3 aromatic heterocycles. The van der Waals surface area contributed by atoms with Gasteiger partial charge in [-0.3, -0.25) is 4.98 Å². The molecule has 1 atom stereocenters. The number of benzene rings is 2. The van der Waals surface area contributed by atoms with E-state index in [1.807, 2.05) is 17.6 Å². The summed E-state index contributed by atoms with van der Waals surface area (Å²) >= 11 is 0. The highest BCUT2D eigenvalue weighted by atomic mass is 19.1. The third-order valence-electron chi connectivity index (χ3n) is 6.89. The van der Waals surface area contributed by atoms with Crippen LogP contribution in [0.5, 0.6) is 17.4 Å². The molecule has 0 radical (unpaired) electrons. The lowest BCUT2D eigenvalue weighted by Crippen LogP contribution is -2.31. The number of hydrogen-bond acceptors (Lipinski definition) is 7. The monoisotopic (exact) mass is 554 g/mol. The van der Waals surface area contributed by atoms with Gasteiger partial charge in [0.2, 0.25) is 5.88 Å². The molecule has 1 fully saturated rings. The summed E-state index contributed by atoms with van der Waals surface area (Å²) in [6, 6.07) is 16.9. The van der Waals surface area contributed by atoms with E-state index in [2.05, 4.69) is 9.97 Å². The van der Waals surface area contributed by atoms with E-state index in [0.29, 0.717) is 30.3 Å². The molecule has 9 nitrogen and oxygen atoms in total. The van der Waals surface area contributed by atoms with Gasteiger partial charge < -0.3 is 23.9 Å². The van der Waals surface area contributed by atoms with Crippen molar-refractivity contribution in [1.82, 2.24) is 19.5 Å². The maximum atomic E-state index is 14.1. The Kier molecular flexibility index (Phi) is 7.30. The number of pyridine rings is 2. The fraction of sp³-hybridized carbons (Fsp3) is 0.226. The summed E-state index contributed by atoms with van der Waals surface area (Å²) in [6.45, 7) is 3.24. The number of aromatic nitrogens is 4. The summed E-state index contributed by atoms with van der Waals surface area (Å²) in [5.41, 5.74) is 4.05. The highest BCUT2D eigenvalue weighted by molar-refractivity contribution is 5.92. The van der Waals surface area contributed by atoms with E-state index in [9.17, 15) is 14.3 Å². The van der Waals surface area contributed by atoms with E-state index >= 15 is 0 Å². The third-order valence-corrected chi connectivity index (χ3v) is 6.89. The zero-order valence-corrected chi connectivity index (χ0v) is 22.3. The van der Waals surface area contributed by atoms with Gasteiger partial charge in [0.15, 0.2) is 11.6 Å². The average molecular weight is 555 g/mol. The van der Waals surface area contributed by atoms with Crippen LogP contribution in [0.4, 0.5) is 4.39 Å². The minimum absolute atomic E-state index is 0.0834. The van der Waals surface area contributed by atoms with Gasteiger partial charge in [0.25, 0.3) is 0 Å². The van der Waals surface area contributed by atoms with Crippen molar-refractivity contribution in [3.05, 3.63) is 107 Å². The van der Waals surface area contributed by atoms with E-state index in [0.717, 1.165) is 41.0 Å². The van der Waals surface area contributed by atoms with E-state index in [4.69, 9.17) is 19.2 Å². The van der Waals surface area contributed by atoms with Crippen molar-refractivity contribution in [2.45, 2.75) is 39.0 Å². The predicted octanol–water partition coefficient (Wildman–Crippen LogP) is 5.72. The number of hydrogen-bond donors (Lipinski definition) is 1. The average Bonchev–Trinajstić information content (AvgIpc) is 3.27. The maximum absolute atomic E-state index is 14.1. The number of nitrogens with zero attached hydrogens (tertiary/aromatic N) is 4. The Morgan fingerprint density at radius 1 is 1.12 bits per heavy atom. The lowest BCUT2D eigenvalue weighted by atomic mass is 10.1. The molecule has 1 unspecified atom stereocenters. The first-order chi connectivity index (χ1) is 19.9. The largest absolute Gasteiger partial charge is 0.484 e. The standard InChI is InChI=1S/C31H27FN4O5/c1-19-2-6-28(25(32)12-19)40-18-22-15-23(8-10-33-22)41-30-7-3-20(16-34-30)13-29-35-26-5-4-21(31(37)38)14-27(26)36(29)17-24-9-11-39-24/h2-8,10,12,14-16,24H,9,11,13,17-18H2,1H3,(H,37,38). The van der Waals surface area contributed by atoms with Crippen LogP contribution in [0.3, 0.4) is 0 Å². The SMILES string of the molecule is Cc1ccc(OCc2cc(Oc3ccc(Cc4nc5ccc(C(=O)O)cc5n4CC4CCO4)cn3)ccn2)c(F)c1. The highest BCUT2D eigenvalue weighted by Gasteiger charge is 2.22. The van der Waals surface area contributed by atoms with Gasteiger partial charge in [-0.15, -0.1) is 0 Å². The van der Waals surface area contributed by atoms with Gasteiger partial charge in [-0.05, 0) is 60.9 Å². The molecule has 0 saturated carbocycles. The number of halogens is 1. The molecule has 4 heterocycles. The molecule has 1 aliphatic heterocycles. The second-order valence-electron chi connectivity index (χ2n) is 9.92. The minimum atomic E-state index is -0.977. The Morgan fingerprint density at radius 2 is 2.00 bits per heavy atom. The van der Waals surface area contributed by atoms with E-state index in [1.54, 1.807) is 60.9 Å². The first-order valence-electron chi connectivity index (χ1n) is 13.2. The Bertz CT molecular complexity index is 1720. The molecule has 6 rings (SSSR count). The third kappa shape index (κ3) is 6.02. The first kappa shape index (κ1) is 26.4. The van der Waals surface area contributed by atoms with Crippen molar-refractivity contribution in [3.63, 3.8) is 0 Å². The lowest BCUT2D eigenvalue weighted by molar-refractivity contribution is -0.0589. The van der Waals surface area contributed by atoms with Crippen molar-refractivity contribution in [3.8, 4) is 17.4 Å². The maximum Gasteiger partial charge on any atom is 0.335 e. The summed E-state index contributed by atoms with van der Waals surface area (Å²) in [7, 11) is 0. The molecule has 2 aromatic carbocycles. The molecule has 41 heavy (non-hydrogen) atoms. The molecular formula is C31H27FN4O5. The first-order valence-corrected chi connectivity index (χ1v) is 13.2. The second-order valence-corrected chi connectivity index (χ2v) is 9.92. The van der Waals surface area contributed by atoms with Crippen LogP contribution in [0, 0.1) is 12.7 Å². The lowest BCUT2D eigenvalue weighted by Gasteiger charge is -2.27. The van der Waals surface area contributed by atoms with Gasteiger partial charge in [0, 0.05) is 37.6 Å². The Hall–Kier alpha value is -4.83. The predicted molar refractivity (Wildman–Crippen MR) is 148 cm³/mol. The fourth-order valence-electron chi connectivity index (χ4n) is 4.63. The number of carboxylic acid groups (broad SMARTS) is 1. The Labute approximate surface area is 235 Å². The van der Waals surface area contributed by atoms with Crippen LogP contribution < -0.4 is 9.47 Å². The van der Waals surface area contributed by atoms with Gasteiger partial charge >= 0.3 is 5.97 Å². The van der Waals surface area contributed by atoms with Crippen molar-refractivity contribution in [2.24, 2.45) is 0 Å². The zero-order chi connectivity index (χ0) is 28.3. The summed E-state index contributed by atoms with van der Waals surface area (Å²) in [4.78, 5) is 25.1. The quantitative estimate of drug-likeness (QED) is 0.233. The van der Waals surface area contributed by atoms with E-state index in [1.165, 1.54) is 6.07 Å². The van der Waals surface area contributed by atoms with Gasteiger partial charge in [0.1, 0.15) is 18.2 Å². The number of aromatic carboxylic acids is 1. The zero-order valence-electron chi connectivity index (χ0n) is 22.3. The smallest absolute Gasteiger partial charge is 0.335 e. The normalized spacial score (nSPS) is 14.5. The molecular weight excluding hydrogens is 527 g/mol. The fourth-order valence-corrected chi connectivity index (χ4v) is 4.63. The number of carboxylic acids is 1. The Morgan fingerprint density at radius 3 is 2.73 bits per heavy atom. The van der Waals surface area contributed by atoms with Crippen LogP contribution in [0.25, 0.3) is 11.0 Å². The summed E-state index contributed by atoms with van der Waals surface area (Å²) in [5, 5.41) is 9.46. The van der Waals surface area contributed by atoms with Gasteiger partial charge in [0.05, 0.1) is 34.9 Å². The summed E-state index contributed by atoms with van der Waals surface area (Å²) in [5.74, 6) is 0.501. The molecule has 0 amide bonds. The van der Waals surface area contributed by atoms with Crippen LogP contribution in [0.2, 0.25) is 0 Å². The number of rotatable bonds is 10. The molecule has 1 N–H and O–H groups in total. The van der Waals surface area contributed by atoms with Gasteiger partial charge in [-0.1, -0.05) is 12.1 Å². The van der Waals surface area contributed by atoms with E-state index in [-0.39, 0.29) is 24.0 Å². The summed E-state index contributed by atoms with van der Waals surface area (Å²) in [6.07, 6.45) is 4.87. The highest BCUT2D eigenvalue weighted by Crippen LogP contribution is 2.26. The minimum Gasteiger partial charge on any atom is -0.484 e. The van der Waals surface area contributed by atoms with Gasteiger partial charge in [-0.25, -0.2) is 19.2 Å². The molecule has 1 saturated heterocycles. The molecule has 0 spiro atoms. The topological polar surface area (TPSA) is 109 Å². The van der Waals surface area contributed by atoms with Crippen LogP contribution in [0.15, 0.2) is 73.1 Å². The van der Waals surface area contributed by atoms with Crippen LogP contribution >= 0.6 is 0 Å². The molecule has 10 heteroatoms. The molecule has 1 aliphatic rings. The number of fused-ring (bicyclic) bond motifs is 1. The number of ether oxygens (including phenoxy) is 3. The second kappa shape index (κ2) is 11.3. The van der Waals surface area contributed by atoms with Crippen LogP contribution in [-0.2, 0) is 24.3 Å².